The highest BCUT2D eigenvalue weighted by atomic mass is 16.5. The van der Waals surface area contributed by atoms with Crippen LogP contribution in [0.2, 0.25) is 0 Å². The molecule has 0 heterocycles. The minimum absolute atomic E-state index is 0.171. The SMILES string of the molecule is C=CC(C)(CCCOCC)CNC(C)(C)C. The van der Waals surface area contributed by atoms with Gasteiger partial charge in [-0.3, -0.25) is 0 Å². The van der Waals surface area contributed by atoms with E-state index < -0.39 is 0 Å². The Morgan fingerprint density at radius 3 is 2.31 bits per heavy atom. The van der Waals surface area contributed by atoms with Crippen molar-refractivity contribution in [1.82, 2.24) is 5.32 Å². The molecule has 0 aromatic rings. The maximum absolute atomic E-state index is 5.36. The quantitative estimate of drug-likeness (QED) is 0.507. The molecular formula is C14H29NO. The van der Waals surface area contributed by atoms with Crippen molar-refractivity contribution in [3.05, 3.63) is 12.7 Å². The summed E-state index contributed by atoms with van der Waals surface area (Å²) in [5.74, 6) is 0. The van der Waals surface area contributed by atoms with E-state index in [1.54, 1.807) is 0 Å². The van der Waals surface area contributed by atoms with Crippen LogP contribution in [0.3, 0.4) is 0 Å². The normalized spacial score (nSPS) is 15.8. The third-order valence-electron chi connectivity index (χ3n) is 2.76. The fourth-order valence-corrected chi connectivity index (χ4v) is 1.45. The average Bonchev–Trinajstić information content (AvgIpc) is 2.21. The van der Waals surface area contributed by atoms with E-state index in [0.29, 0.717) is 0 Å². The molecule has 0 saturated heterocycles. The van der Waals surface area contributed by atoms with Gasteiger partial charge in [0.05, 0.1) is 0 Å². The Kier molecular flexibility index (Phi) is 6.93. The van der Waals surface area contributed by atoms with E-state index in [2.05, 4.69) is 45.7 Å². The van der Waals surface area contributed by atoms with Gasteiger partial charge in [0.2, 0.25) is 0 Å². The predicted octanol–water partition coefficient (Wildman–Crippen LogP) is 3.38. The minimum atomic E-state index is 0.171. The summed E-state index contributed by atoms with van der Waals surface area (Å²) in [7, 11) is 0. The summed E-state index contributed by atoms with van der Waals surface area (Å²) in [5.41, 5.74) is 0.342. The van der Waals surface area contributed by atoms with E-state index in [4.69, 9.17) is 4.74 Å². The van der Waals surface area contributed by atoms with Crippen molar-refractivity contribution in [3.8, 4) is 0 Å². The van der Waals surface area contributed by atoms with E-state index in [1.165, 1.54) is 0 Å². The molecule has 0 aliphatic carbocycles. The monoisotopic (exact) mass is 227 g/mol. The third kappa shape index (κ3) is 7.89. The summed E-state index contributed by atoms with van der Waals surface area (Å²) in [5, 5.41) is 3.54. The van der Waals surface area contributed by atoms with Gasteiger partial charge in [-0.05, 0) is 46.0 Å². The highest BCUT2D eigenvalue weighted by Crippen LogP contribution is 2.24. The molecule has 0 aromatic heterocycles. The molecule has 16 heavy (non-hydrogen) atoms. The Morgan fingerprint density at radius 1 is 1.25 bits per heavy atom. The molecule has 0 saturated carbocycles. The van der Waals surface area contributed by atoms with Crippen LogP contribution in [0.15, 0.2) is 12.7 Å². The molecule has 1 unspecified atom stereocenters. The van der Waals surface area contributed by atoms with Crippen LogP contribution >= 0.6 is 0 Å². The smallest absolute Gasteiger partial charge is 0.0466 e. The van der Waals surface area contributed by atoms with Gasteiger partial charge < -0.3 is 10.1 Å². The molecule has 0 aliphatic heterocycles. The largest absolute Gasteiger partial charge is 0.382 e. The van der Waals surface area contributed by atoms with Crippen molar-refractivity contribution >= 4 is 0 Å². The summed E-state index contributed by atoms with van der Waals surface area (Å²) in [6.07, 6.45) is 4.29. The summed E-state index contributed by atoms with van der Waals surface area (Å²) in [6.45, 7) is 17.5. The first-order valence-electron chi connectivity index (χ1n) is 6.29. The Morgan fingerprint density at radius 2 is 1.88 bits per heavy atom. The second-order valence-corrected chi connectivity index (χ2v) is 5.76. The van der Waals surface area contributed by atoms with Crippen molar-refractivity contribution in [1.29, 1.82) is 0 Å². The summed E-state index contributed by atoms with van der Waals surface area (Å²) in [6, 6.07) is 0. The van der Waals surface area contributed by atoms with Crippen molar-refractivity contribution in [2.75, 3.05) is 19.8 Å². The molecule has 0 aliphatic rings. The molecule has 2 heteroatoms. The molecule has 0 spiro atoms. The maximum atomic E-state index is 5.36. The molecule has 1 atom stereocenters. The Labute approximate surface area is 101 Å². The predicted molar refractivity (Wildman–Crippen MR) is 71.8 cm³/mol. The van der Waals surface area contributed by atoms with Crippen LogP contribution in [0.4, 0.5) is 0 Å². The topological polar surface area (TPSA) is 21.3 Å². The number of ether oxygens (including phenoxy) is 1. The minimum Gasteiger partial charge on any atom is -0.382 e. The second kappa shape index (κ2) is 7.08. The van der Waals surface area contributed by atoms with Crippen LogP contribution in [0, 0.1) is 5.41 Å². The zero-order valence-corrected chi connectivity index (χ0v) is 11.7. The lowest BCUT2D eigenvalue weighted by molar-refractivity contribution is 0.134. The van der Waals surface area contributed by atoms with Crippen molar-refractivity contribution < 1.29 is 4.74 Å². The Bertz CT molecular complexity index is 195. The molecule has 0 radical (unpaired) electrons. The van der Waals surface area contributed by atoms with Gasteiger partial charge in [-0.25, -0.2) is 0 Å². The average molecular weight is 227 g/mol. The van der Waals surface area contributed by atoms with Crippen LogP contribution in [0.25, 0.3) is 0 Å². The van der Waals surface area contributed by atoms with Crippen LogP contribution < -0.4 is 5.32 Å². The highest BCUT2D eigenvalue weighted by Gasteiger charge is 2.22. The fourth-order valence-electron chi connectivity index (χ4n) is 1.45. The fraction of sp³-hybridized carbons (Fsp3) is 0.857. The van der Waals surface area contributed by atoms with Gasteiger partial charge >= 0.3 is 0 Å². The molecule has 0 fully saturated rings. The van der Waals surface area contributed by atoms with Gasteiger partial charge in [-0.1, -0.05) is 13.0 Å². The molecule has 1 N–H and O–H groups in total. The van der Waals surface area contributed by atoms with Crippen LogP contribution in [-0.4, -0.2) is 25.3 Å². The molecule has 0 bridgehead atoms. The lowest BCUT2D eigenvalue weighted by atomic mass is 9.85. The van der Waals surface area contributed by atoms with E-state index >= 15 is 0 Å². The van der Waals surface area contributed by atoms with Crippen LogP contribution in [0.5, 0.6) is 0 Å². The van der Waals surface area contributed by atoms with E-state index in [0.717, 1.165) is 32.6 Å². The Hall–Kier alpha value is -0.340. The number of rotatable bonds is 8. The summed E-state index contributed by atoms with van der Waals surface area (Å²) in [4.78, 5) is 0. The lowest BCUT2D eigenvalue weighted by Gasteiger charge is -2.31. The van der Waals surface area contributed by atoms with Gasteiger partial charge in [0.1, 0.15) is 0 Å². The molecule has 0 aromatic carbocycles. The van der Waals surface area contributed by atoms with Crippen LogP contribution in [0.1, 0.15) is 47.5 Å². The molecule has 2 nitrogen and oxygen atoms in total. The van der Waals surface area contributed by atoms with E-state index in [9.17, 15) is 0 Å². The lowest BCUT2D eigenvalue weighted by Crippen LogP contribution is -2.42. The van der Waals surface area contributed by atoms with E-state index in [-0.39, 0.29) is 11.0 Å². The van der Waals surface area contributed by atoms with Gasteiger partial charge in [-0.15, -0.1) is 6.58 Å². The zero-order chi connectivity index (χ0) is 12.7. The maximum Gasteiger partial charge on any atom is 0.0466 e. The van der Waals surface area contributed by atoms with Crippen LogP contribution in [-0.2, 0) is 4.74 Å². The second-order valence-electron chi connectivity index (χ2n) is 5.76. The first kappa shape index (κ1) is 15.7. The standard InChI is InChI=1S/C14H29NO/c1-7-14(6,10-9-11-16-8-2)12-15-13(3,4)5/h7,15H,1,8-12H2,2-6H3. The number of hydrogen-bond acceptors (Lipinski definition) is 2. The molecule has 96 valence electrons. The van der Waals surface area contributed by atoms with E-state index in [1.807, 2.05) is 6.92 Å². The summed E-state index contributed by atoms with van der Waals surface area (Å²) >= 11 is 0. The van der Waals surface area contributed by atoms with Gasteiger partial charge in [0.25, 0.3) is 0 Å². The molecule has 0 amide bonds. The van der Waals surface area contributed by atoms with Gasteiger partial charge in [-0.2, -0.15) is 0 Å². The van der Waals surface area contributed by atoms with Gasteiger partial charge in [0.15, 0.2) is 0 Å². The first-order chi connectivity index (χ1) is 7.33. The Balaban J connectivity index is 3.96. The van der Waals surface area contributed by atoms with Crippen molar-refractivity contribution in [2.45, 2.75) is 53.0 Å². The van der Waals surface area contributed by atoms with Crippen molar-refractivity contribution in [2.24, 2.45) is 5.41 Å². The molecule has 0 rings (SSSR count). The first-order valence-corrected chi connectivity index (χ1v) is 6.29. The van der Waals surface area contributed by atoms with Gasteiger partial charge in [0, 0.05) is 25.3 Å². The molecular weight excluding hydrogens is 198 g/mol. The number of nitrogens with one attached hydrogen (secondary N) is 1. The third-order valence-corrected chi connectivity index (χ3v) is 2.76. The number of hydrogen-bond donors (Lipinski definition) is 1. The van der Waals surface area contributed by atoms with Crippen molar-refractivity contribution in [3.63, 3.8) is 0 Å². The zero-order valence-electron chi connectivity index (χ0n) is 11.7. The highest BCUT2D eigenvalue weighted by molar-refractivity contribution is 4.94. The summed E-state index contributed by atoms with van der Waals surface area (Å²) < 4.78 is 5.36.